The van der Waals surface area contributed by atoms with Gasteiger partial charge in [-0.1, -0.05) is 12.1 Å². The van der Waals surface area contributed by atoms with Crippen LogP contribution in [-0.4, -0.2) is 37.2 Å². The molecule has 118 valence electrons. The van der Waals surface area contributed by atoms with Crippen LogP contribution < -0.4 is 10.1 Å². The van der Waals surface area contributed by atoms with Gasteiger partial charge in [-0.3, -0.25) is 4.90 Å². The van der Waals surface area contributed by atoms with E-state index >= 15 is 0 Å². The smallest absolute Gasteiger partial charge is 0.119 e. The molecule has 1 saturated heterocycles. The first-order chi connectivity index (χ1) is 10.2. The van der Waals surface area contributed by atoms with E-state index in [4.69, 9.17) is 4.74 Å². The number of nitrogens with one attached hydrogen (secondary N) is 1. The fourth-order valence-electron chi connectivity index (χ4n) is 2.99. The van der Waals surface area contributed by atoms with Crippen LogP contribution in [0.3, 0.4) is 0 Å². The zero-order chi connectivity index (χ0) is 15.1. The minimum atomic E-state index is 0.579. The van der Waals surface area contributed by atoms with Gasteiger partial charge < -0.3 is 10.1 Å². The van der Waals surface area contributed by atoms with Gasteiger partial charge in [0.1, 0.15) is 5.75 Å². The molecule has 1 heterocycles. The molecule has 1 N–H and O–H groups in total. The molecule has 0 radical (unpaired) electrons. The second-order valence-electron chi connectivity index (χ2n) is 6.30. The Morgan fingerprint density at radius 2 is 2.05 bits per heavy atom. The van der Waals surface area contributed by atoms with Crippen LogP contribution in [-0.2, 0) is 6.54 Å². The van der Waals surface area contributed by atoms with Crippen LogP contribution in [0, 0.1) is 5.92 Å². The van der Waals surface area contributed by atoms with Crippen molar-refractivity contribution in [3.8, 4) is 5.75 Å². The zero-order valence-corrected chi connectivity index (χ0v) is 13.8. The molecular weight excluding hydrogens is 260 g/mol. The third kappa shape index (κ3) is 5.33. The average Bonchev–Trinajstić information content (AvgIpc) is 2.48. The Labute approximate surface area is 129 Å². The summed E-state index contributed by atoms with van der Waals surface area (Å²) in [7, 11) is 0. The lowest BCUT2D eigenvalue weighted by atomic mass is 9.96. The molecule has 1 aromatic rings. The van der Waals surface area contributed by atoms with E-state index in [2.05, 4.69) is 42.3 Å². The molecule has 0 aliphatic carbocycles. The van der Waals surface area contributed by atoms with Gasteiger partial charge >= 0.3 is 0 Å². The Bertz CT molecular complexity index is 413. The van der Waals surface area contributed by atoms with E-state index in [1.54, 1.807) is 0 Å². The lowest BCUT2D eigenvalue weighted by Crippen LogP contribution is -2.39. The summed E-state index contributed by atoms with van der Waals surface area (Å²) in [6.07, 6.45) is 2.62. The van der Waals surface area contributed by atoms with Gasteiger partial charge in [0.2, 0.25) is 0 Å². The average molecular weight is 290 g/mol. The van der Waals surface area contributed by atoms with Crippen LogP contribution in [0.15, 0.2) is 24.3 Å². The Hall–Kier alpha value is -1.06. The van der Waals surface area contributed by atoms with Crippen LogP contribution in [0.1, 0.15) is 39.2 Å². The van der Waals surface area contributed by atoms with Crippen molar-refractivity contribution >= 4 is 0 Å². The van der Waals surface area contributed by atoms with E-state index in [-0.39, 0.29) is 0 Å². The SMILES string of the molecule is CCOc1cccc(CN(CC2CCNCC2)C(C)C)c1. The van der Waals surface area contributed by atoms with Gasteiger partial charge in [0.15, 0.2) is 0 Å². The monoisotopic (exact) mass is 290 g/mol. The fourth-order valence-corrected chi connectivity index (χ4v) is 2.99. The molecule has 1 aliphatic heterocycles. The summed E-state index contributed by atoms with van der Waals surface area (Å²) in [6.45, 7) is 11.9. The first-order valence-corrected chi connectivity index (χ1v) is 8.35. The summed E-state index contributed by atoms with van der Waals surface area (Å²) in [5.74, 6) is 1.82. The molecule has 0 spiro atoms. The summed E-state index contributed by atoms with van der Waals surface area (Å²) in [5, 5.41) is 3.45. The normalized spacial score (nSPS) is 16.6. The molecule has 0 saturated carbocycles. The van der Waals surface area contributed by atoms with Crippen LogP contribution >= 0.6 is 0 Å². The highest BCUT2D eigenvalue weighted by molar-refractivity contribution is 5.28. The third-order valence-electron chi connectivity index (χ3n) is 4.28. The van der Waals surface area contributed by atoms with Crippen LogP contribution in [0.5, 0.6) is 5.75 Å². The standard InChI is InChI=1S/C18H30N2O/c1-4-21-18-7-5-6-17(12-18)14-20(15(2)3)13-16-8-10-19-11-9-16/h5-7,12,15-16,19H,4,8-11,13-14H2,1-3H3. The van der Waals surface area contributed by atoms with Gasteiger partial charge in [0.05, 0.1) is 6.61 Å². The maximum atomic E-state index is 5.61. The van der Waals surface area contributed by atoms with Gasteiger partial charge in [-0.2, -0.15) is 0 Å². The fraction of sp³-hybridized carbons (Fsp3) is 0.667. The van der Waals surface area contributed by atoms with Crippen LogP contribution in [0.4, 0.5) is 0 Å². The predicted molar refractivity (Wildman–Crippen MR) is 88.8 cm³/mol. The molecule has 0 unspecified atom stereocenters. The van der Waals surface area contributed by atoms with E-state index in [0.29, 0.717) is 6.04 Å². The second kappa shape index (κ2) is 8.40. The molecular formula is C18H30N2O. The molecule has 1 fully saturated rings. The summed E-state index contributed by atoms with van der Waals surface area (Å²) >= 11 is 0. The van der Waals surface area contributed by atoms with E-state index < -0.39 is 0 Å². The lowest BCUT2D eigenvalue weighted by Gasteiger charge is -2.32. The number of benzene rings is 1. The largest absolute Gasteiger partial charge is 0.494 e. The highest BCUT2D eigenvalue weighted by Crippen LogP contribution is 2.19. The van der Waals surface area contributed by atoms with Crippen molar-refractivity contribution in [1.82, 2.24) is 10.2 Å². The Balaban J connectivity index is 1.96. The molecule has 0 aromatic heterocycles. The highest BCUT2D eigenvalue weighted by Gasteiger charge is 2.19. The minimum Gasteiger partial charge on any atom is -0.494 e. The molecule has 3 heteroatoms. The molecule has 0 amide bonds. The van der Waals surface area contributed by atoms with E-state index in [9.17, 15) is 0 Å². The van der Waals surface area contributed by atoms with Crippen LogP contribution in [0.2, 0.25) is 0 Å². The Kier molecular flexibility index (Phi) is 6.52. The molecule has 1 aromatic carbocycles. The molecule has 21 heavy (non-hydrogen) atoms. The predicted octanol–water partition coefficient (Wildman–Crippen LogP) is 3.30. The summed E-state index contributed by atoms with van der Waals surface area (Å²) in [5.41, 5.74) is 1.35. The van der Waals surface area contributed by atoms with Crippen LogP contribution in [0.25, 0.3) is 0 Å². The highest BCUT2D eigenvalue weighted by atomic mass is 16.5. The van der Waals surface area contributed by atoms with Gasteiger partial charge in [-0.05, 0) is 70.3 Å². The van der Waals surface area contributed by atoms with Crippen molar-refractivity contribution in [1.29, 1.82) is 0 Å². The zero-order valence-electron chi connectivity index (χ0n) is 13.8. The van der Waals surface area contributed by atoms with Gasteiger partial charge in [0, 0.05) is 19.1 Å². The number of hydrogen-bond acceptors (Lipinski definition) is 3. The van der Waals surface area contributed by atoms with Crippen molar-refractivity contribution in [3.63, 3.8) is 0 Å². The molecule has 3 nitrogen and oxygen atoms in total. The van der Waals surface area contributed by atoms with Gasteiger partial charge in [-0.15, -0.1) is 0 Å². The summed E-state index contributed by atoms with van der Waals surface area (Å²) in [4.78, 5) is 2.60. The number of piperidine rings is 1. The Morgan fingerprint density at radius 1 is 1.29 bits per heavy atom. The quantitative estimate of drug-likeness (QED) is 0.834. The lowest BCUT2D eigenvalue weighted by molar-refractivity contribution is 0.161. The maximum absolute atomic E-state index is 5.61. The van der Waals surface area contributed by atoms with E-state index in [0.717, 1.165) is 24.8 Å². The number of rotatable bonds is 7. The summed E-state index contributed by atoms with van der Waals surface area (Å²) in [6, 6.07) is 9.11. The van der Waals surface area contributed by atoms with Crippen molar-refractivity contribution in [2.45, 2.75) is 46.2 Å². The number of hydrogen-bond donors (Lipinski definition) is 1. The maximum Gasteiger partial charge on any atom is 0.119 e. The minimum absolute atomic E-state index is 0.579. The third-order valence-corrected chi connectivity index (χ3v) is 4.28. The van der Waals surface area contributed by atoms with Gasteiger partial charge in [-0.25, -0.2) is 0 Å². The molecule has 0 bridgehead atoms. The first kappa shape index (κ1) is 16.3. The van der Waals surface area contributed by atoms with E-state index in [1.165, 1.54) is 38.0 Å². The van der Waals surface area contributed by atoms with E-state index in [1.807, 2.05) is 13.0 Å². The number of nitrogens with zero attached hydrogens (tertiary/aromatic N) is 1. The molecule has 1 aliphatic rings. The number of ether oxygens (including phenoxy) is 1. The molecule has 2 rings (SSSR count). The summed E-state index contributed by atoms with van der Waals surface area (Å²) < 4.78 is 5.61. The van der Waals surface area contributed by atoms with Crippen molar-refractivity contribution in [2.24, 2.45) is 5.92 Å². The topological polar surface area (TPSA) is 24.5 Å². The Morgan fingerprint density at radius 3 is 2.71 bits per heavy atom. The van der Waals surface area contributed by atoms with Crippen molar-refractivity contribution < 1.29 is 4.74 Å². The first-order valence-electron chi connectivity index (χ1n) is 8.35. The molecule has 0 atom stereocenters. The van der Waals surface area contributed by atoms with Crippen molar-refractivity contribution in [2.75, 3.05) is 26.2 Å². The van der Waals surface area contributed by atoms with Crippen molar-refractivity contribution in [3.05, 3.63) is 29.8 Å². The van der Waals surface area contributed by atoms with Gasteiger partial charge in [0.25, 0.3) is 0 Å². The second-order valence-corrected chi connectivity index (χ2v) is 6.30.